The molecule has 7 heteroatoms. The van der Waals surface area contributed by atoms with Crippen molar-refractivity contribution >= 4 is 23.3 Å². The molecule has 0 unspecified atom stereocenters. The summed E-state index contributed by atoms with van der Waals surface area (Å²) in [5, 5.41) is 13.7. The largest absolute Gasteiger partial charge is 0.462 e. The first-order chi connectivity index (χ1) is 10.4. The first-order valence-corrected chi connectivity index (χ1v) is 7.17. The second-order valence-electron chi connectivity index (χ2n) is 4.78. The number of carbonyl (C=O) groups is 2. The van der Waals surface area contributed by atoms with E-state index >= 15 is 0 Å². The van der Waals surface area contributed by atoms with Crippen LogP contribution in [0.4, 0.5) is 11.4 Å². The maximum absolute atomic E-state index is 12.1. The van der Waals surface area contributed by atoms with E-state index in [1.54, 1.807) is 13.8 Å². The molecule has 1 N–H and O–H groups in total. The van der Waals surface area contributed by atoms with Crippen LogP contribution in [0, 0.1) is 17.0 Å². The normalized spacial score (nSPS) is 10.1. The third-order valence-corrected chi connectivity index (χ3v) is 3.09. The third kappa shape index (κ3) is 4.28. The standard InChI is InChI=1S/C15H20N2O5/c1-4-6-7-12(18)16-14-11(17(20)21)9-8-10(3)13(14)15(19)22-5-2/h8-9H,4-7H2,1-3H3,(H,16,18). The van der Waals surface area contributed by atoms with Gasteiger partial charge in [0.05, 0.1) is 17.1 Å². The van der Waals surface area contributed by atoms with E-state index in [1.165, 1.54) is 12.1 Å². The molecule has 0 bridgehead atoms. The fourth-order valence-electron chi connectivity index (χ4n) is 1.98. The average molecular weight is 308 g/mol. The molecule has 0 atom stereocenters. The Morgan fingerprint density at radius 1 is 1.32 bits per heavy atom. The SMILES string of the molecule is CCCCC(=O)Nc1c([N+](=O)[O-])ccc(C)c1C(=O)OCC. The van der Waals surface area contributed by atoms with E-state index in [9.17, 15) is 19.7 Å². The van der Waals surface area contributed by atoms with E-state index in [2.05, 4.69) is 5.32 Å². The molecule has 1 aromatic rings. The second kappa shape index (κ2) is 8.11. The molecule has 0 aliphatic heterocycles. The van der Waals surface area contributed by atoms with Crippen LogP contribution in [0.15, 0.2) is 12.1 Å². The van der Waals surface area contributed by atoms with Gasteiger partial charge in [-0.2, -0.15) is 0 Å². The molecule has 0 spiro atoms. The van der Waals surface area contributed by atoms with Gasteiger partial charge < -0.3 is 10.1 Å². The number of hydrogen-bond acceptors (Lipinski definition) is 5. The number of aryl methyl sites for hydroxylation is 1. The molecule has 0 aliphatic rings. The number of rotatable bonds is 7. The zero-order chi connectivity index (χ0) is 16.7. The van der Waals surface area contributed by atoms with Gasteiger partial charge in [-0.05, 0) is 25.8 Å². The predicted molar refractivity (Wildman–Crippen MR) is 81.9 cm³/mol. The topological polar surface area (TPSA) is 98.5 Å². The van der Waals surface area contributed by atoms with Crippen molar-refractivity contribution in [1.29, 1.82) is 0 Å². The van der Waals surface area contributed by atoms with Crippen molar-refractivity contribution < 1.29 is 19.2 Å². The van der Waals surface area contributed by atoms with E-state index in [1.807, 2.05) is 6.92 Å². The van der Waals surface area contributed by atoms with Crippen LogP contribution in [-0.2, 0) is 9.53 Å². The summed E-state index contributed by atoms with van der Waals surface area (Å²) in [7, 11) is 0. The van der Waals surface area contributed by atoms with Crippen molar-refractivity contribution in [2.45, 2.75) is 40.0 Å². The Bertz CT molecular complexity index is 584. The lowest BCUT2D eigenvalue weighted by Crippen LogP contribution is -2.18. The van der Waals surface area contributed by atoms with Gasteiger partial charge in [0.25, 0.3) is 5.69 Å². The van der Waals surface area contributed by atoms with Crippen LogP contribution < -0.4 is 5.32 Å². The number of anilines is 1. The van der Waals surface area contributed by atoms with Gasteiger partial charge >= 0.3 is 5.97 Å². The molecular formula is C15H20N2O5. The van der Waals surface area contributed by atoms with E-state index in [-0.39, 0.29) is 35.9 Å². The number of nitrogens with zero attached hydrogens (tertiary/aromatic N) is 1. The van der Waals surface area contributed by atoms with Crippen LogP contribution >= 0.6 is 0 Å². The minimum absolute atomic E-state index is 0.0286. The lowest BCUT2D eigenvalue weighted by atomic mass is 10.0. The smallest absolute Gasteiger partial charge is 0.340 e. The fraction of sp³-hybridized carbons (Fsp3) is 0.467. The number of unbranched alkanes of at least 4 members (excludes halogenated alkanes) is 1. The maximum atomic E-state index is 12.1. The number of amides is 1. The zero-order valence-corrected chi connectivity index (χ0v) is 13.0. The number of ether oxygens (including phenoxy) is 1. The van der Waals surface area contributed by atoms with Crippen molar-refractivity contribution in [3.8, 4) is 0 Å². The Morgan fingerprint density at radius 3 is 2.55 bits per heavy atom. The van der Waals surface area contributed by atoms with E-state index < -0.39 is 10.9 Å². The number of nitro benzene ring substituents is 1. The molecule has 7 nitrogen and oxygen atoms in total. The molecule has 0 radical (unpaired) electrons. The summed E-state index contributed by atoms with van der Waals surface area (Å²) in [5.74, 6) is -1.05. The van der Waals surface area contributed by atoms with Gasteiger partial charge in [0.2, 0.25) is 5.91 Å². The first-order valence-electron chi connectivity index (χ1n) is 7.17. The molecule has 1 amide bonds. The van der Waals surface area contributed by atoms with Gasteiger partial charge in [0, 0.05) is 12.5 Å². The number of benzene rings is 1. The quantitative estimate of drug-likeness (QED) is 0.473. The number of esters is 1. The molecule has 1 aromatic carbocycles. The van der Waals surface area contributed by atoms with Crippen LogP contribution in [0.5, 0.6) is 0 Å². The number of nitro groups is 1. The van der Waals surface area contributed by atoms with Crippen molar-refractivity contribution in [3.05, 3.63) is 33.4 Å². The van der Waals surface area contributed by atoms with Gasteiger partial charge in [-0.15, -0.1) is 0 Å². The first kappa shape index (κ1) is 17.6. The Morgan fingerprint density at radius 2 is 2.00 bits per heavy atom. The van der Waals surface area contributed by atoms with Crippen LogP contribution in [0.3, 0.4) is 0 Å². The van der Waals surface area contributed by atoms with Crippen LogP contribution in [-0.4, -0.2) is 23.4 Å². The highest BCUT2D eigenvalue weighted by atomic mass is 16.6. The van der Waals surface area contributed by atoms with Gasteiger partial charge in [-0.25, -0.2) is 4.79 Å². The average Bonchev–Trinajstić information content (AvgIpc) is 2.45. The highest BCUT2D eigenvalue weighted by Crippen LogP contribution is 2.31. The molecule has 0 aromatic heterocycles. The third-order valence-electron chi connectivity index (χ3n) is 3.09. The Hall–Kier alpha value is -2.44. The molecule has 22 heavy (non-hydrogen) atoms. The maximum Gasteiger partial charge on any atom is 0.340 e. The van der Waals surface area contributed by atoms with Crippen molar-refractivity contribution in [1.82, 2.24) is 0 Å². The monoisotopic (exact) mass is 308 g/mol. The molecule has 0 saturated heterocycles. The molecule has 1 rings (SSSR count). The number of hydrogen-bond donors (Lipinski definition) is 1. The Labute approximate surface area is 128 Å². The molecule has 0 aliphatic carbocycles. The Balaban J connectivity index is 3.29. The van der Waals surface area contributed by atoms with Gasteiger partial charge in [0.15, 0.2) is 0 Å². The lowest BCUT2D eigenvalue weighted by Gasteiger charge is -2.13. The van der Waals surface area contributed by atoms with Crippen LogP contribution in [0.2, 0.25) is 0 Å². The van der Waals surface area contributed by atoms with E-state index in [4.69, 9.17) is 4.74 Å². The summed E-state index contributed by atoms with van der Waals surface area (Å²) >= 11 is 0. The molecular weight excluding hydrogens is 288 g/mol. The molecule has 120 valence electrons. The van der Waals surface area contributed by atoms with Crippen molar-refractivity contribution in [2.24, 2.45) is 0 Å². The van der Waals surface area contributed by atoms with Gasteiger partial charge in [-0.1, -0.05) is 19.4 Å². The second-order valence-corrected chi connectivity index (χ2v) is 4.78. The van der Waals surface area contributed by atoms with E-state index in [0.717, 1.165) is 6.42 Å². The summed E-state index contributed by atoms with van der Waals surface area (Å²) in [4.78, 5) is 34.5. The minimum atomic E-state index is -0.686. The highest BCUT2D eigenvalue weighted by Gasteiger charge is 2.26. The van der Waals surface area contributed by atoms with E-state index in [0.29, 0.717) is 12.0 Å². The number of nitrogens with one attached hydrogen (secondary N) is 1. The summed E-state index contributed by atoms with van der Waals surface area (Å²) in [6, 6.07) is 2.74. The summed E-state index contributed by atoms with van der Waals surface area (Å²) in [6.45, 7) is 5.36. The van der Waals surface area contributed by atoms with Gasteiger partial charge in [-0.3, -0.25) is 14.9 Å². The van der Waals surface area contributed by atoms with Gasteiger partial charge in [0.1, 0.15) is 5.69 Å². The minimum Gasteiger partial charge on any atom is -0.462 e. The summed E-state index contributed by atoms with van der Waals surface area (Å²) < 4.78 is 4.93. The summed E-state index contributed by atoms with van der Waals surface area (Å²) in [5.41, 5.74) is 0.124. The molecule has 0 fully saturated rings. The predicted octanol–water partition coefficient (Wildman–Crippen LogP) is 3.21. The van der Waals surface area contributed by atoms with Crippen molar-refractivity contribution in [2.75, 3.05) is 11.9 Å². The summed E-state index contributed by atoms with van der Waals surface area (Å²) in [6.07, 6.45) is 1.73. The van der Waals surface area contributed by atoms with Crippen LogP contribution in [0.1, 0.15) is 49.0 Å². The number of carbonyl (C=O) groups excluding carboxylic acids is 2. The van der Waals surface area contributed by atoms with Crippen LogP contribution in [0.25, 0.3) is 0 Å². The Kier molecular flexibility index (Phi) is 6.49. The lowest BCUT2D eigenvalue weighted by molar-refractivity contribution is -0.384. The molecule has 0 saturated carbocycles. The molecule has 0 heterocycles. The zero-order valence-electron chi connectivity index (χ0n) is 13.0. The van der Waals surface area contributed by atoms with Crippen molar-refractivity contribution in [3.63, 3.8) is 0 Å². The fourth-order valence-corrected chi connectivity index (χ4v) is 1.98. The highest BCUT2D eigenvalue weighted by molar-refractivity contribution is 6.05.